The smallest absolute Gasteiger partial charge is 0.410 e. The average molecular weight is 1170 g/mol. The van der Waals surface area contributed by atoms with E-state index in [0.717, 1.165) is 11.1 Å². The first kappa shape index (κ1) is 59.1. The number of amides is 6. The Balaban J connectivity index is 0.756. The van der Waals surface area contributed by atoms with Crippen molar-refractivity contribution in [3.63, 3.8) is 0 Å². The number of imide groups is 1. The number of benzene rings is 5. The maximum atomic E-state index is 17.2. The molecular weight excluding hydrogens is 1100 g/mol. The van der Waals surface area contributed by atoms with Crippen LogP contribution in [-0.4, -0.2) is 130 Å². The summed E-state index contributed by atoms with van der Waals surface area (Å²) in [5.74, 6) is -0.737. The van der Waals surface area contributed by atoms with Crippen molar-refractivity contribution in [1.29, 1.82) is 0 Å². The topological polar surface area (TPSA) is 226 Å². The van der Waals surface area contributed by atoms with Crippen molar-refractivity contribution in [1.82, 2.24) is 30.4 Å². The Morgan fingerprint density at radius 1 is 0.829 bits per heavy atom. The van der Waals surface area contributed by atoms with Crippen molar-refractivity contribution < 1.29 is 52.4 Å². The second-order valence-electron chi connectivity index (χ2n) is 22.8. The molecule has 0 bridgehead atoms. The highest BCUT2D eigenvalue weighted by molar-refractivity contribution is 6.35. The van der Waals surface area contributed by atoms with Crippen LogP contribution >= 0.6 is 23.2 Å². The zero-order chi connectivity index (χ0) is 58.7. The molecule has 19 nitrogen and oxygen atoms in total. The van der Waals surface area contributed by atoms with E-state index < -0.39 is 46.7 Å². The van der Waals surface area contributed by atoms with Crippen LogP contribution in [0.2, 0.25) is 10.0 Å². The molecule has 2 fully saturated rings. The molecule has 0 saturated carbocycles. The third-order valence-electron chi connectivity index (χ3n) is 14.4. The molecule has 5 aromatic carbocycles. The molecule has 0 aliphatic carbocycles. The lowest BCUT2D eigenvalue weighted by Crippen LogP contribution is -2.52. The van der Waals surface area contributed by atoms with E-state index in [4.69, 9.17) is 52.1 Å². The Kier molecular flexibility index (Phi) is 17.7. The van der Waals surface area contributed by atoms with Gasteiger partial charge in [0.2, 0.25) is 17.8 Å². The first-order valence-corrected chi connectivity index (χ1v) is 28.1. The number of nitrogens with one attached hydrogen (secondary N) is 4. The van der Waals surface area contributed by atoms with Crippen LogP contribution in [0.5, 0.6) is 11.5 Å². The number of carbonyl (C=O) groups excluding carboxylic acids is 5. The molecule has 0 radical (unpaired) electrons. The fraction of sp³-hybridized carbons (Fsp3) is 0.417. The number of aromatic nitrogens is 2. The van der Waals surface area contributed by atoms with Gasteiger partial charge in [-0.2, -0.15) is 4.98 Å². The number of carbonyl (C=O) groups is 5. The number of phenols is 1. The minimum atomic E-state index is -0.715. The Labute approximate surface area is 485 Å². The van der Waals surface area contributed by atoms with Crippen molar-refractivity contribution in [2.24, 2.45) is 0 Å². The van der Waals surface area contributed by atoms with Crippen LogP contribution in [0.3, 0.4) is 0 Å². The largest absolute Gasteiger partial charge is 0.508 e. The van der Waals surface area contributed by atoms with Crippen LogP contribution in [0.15, 0.2) is 78.9 Å². The Hall–Kier alpha value is -7.52. The van der Waals surface area contributed by atoms with Crippen LogP contribution < -0.4 is 30.9 Å². The summed E-state index contributed by atoms with van der Waals surface area (Å²) in [7, 11) is 0. The molecule has 2 saturated heterocycles. The number of phenolic OH excluding ortho intramolecular Hbond substituents is 1. The number of piperidine rings is 1. The summed E-state index contributed by atoms with van der Waals surface area (Å²) >= 11 is 13.4. The van der Waals surface area contributed by atoms with Crippen molar-refractivity contribution in [2.75, 3.05) is 68.1 Å². The van der Waals surface area contributed by atoms with Crippen LogP contribution in [0.4, 0.5) is 31.4 Å². The van der Waals surface area contributed by atoms with Crippen molar-refractivity contribution in [3.8, 4) is 22.6 Å². The number of piperazine rings is 1. The quantitative estimate of drug-likeness (QED) is 0.0376. The second-order valence-corrected chi connectivity index (χ2v) is 23.7. The summed E-state index contributed by atoms with van der Waals surface area (Å²) < 4.78 is 41.6. The van der Waals surface area contributed by atoms with Gasteiger partial charge in [0, 0.05) is 91.9 Å². The first-order chi connectivity index (χ1) is 38.9. The van der Waals surface area contributed by atoms with Gasteiger partial charge in [0.15, 0.2) is 5.82 Å². The number of nitrogens with zero attached hydrogens (tertiary/aromatic N) is 5. The summed E-state index contributed by atoms with van der Waals surface area (Å²) in [6.45, 7) is 16.4. The van der Waals surface area contributed by atoms with E-state index >= 15 is 4.39 Å². The molecule has 3 aliphatic heterocycles. The standard InChI is InChI=1S/C60H68Cl2FN9O10/c1-58(2,3)82-57(78)71-21-19-70(20-22-71)52-45-32-46(62)49(44-31-40(73)27-36-10-8-9-11-42(36)44)50(63)51(45)68-55(69-52)64-18-25-81-60(6,7)17-24-80-59(4,5)16-23-79-41-29-38(61)28-39(30-41)66-56(77)65-33-35-12-13-43-37(26-35)34-72(54(43)76)47-14-15-48(74)67-53(47)75/h8-13,26-32,47,73H,14-25,33-34H2,1-7H3,(H,64,68,69)(H2,65,66,77)(H,67,74,75). The molecule has 9 rings (SSSR count). The van der Waals surface area contributed by atoms with E-state index in [9.17, 15) is 29.1 Å². The molecule has 4 heterocycles. The summed E-state index contributed by atoms with van der Waals surface area (Å²) in [4.78, 5) is 77.8. The molecule has 6 amide bonds. The van der Waals surface area contributed by atoms with Gasteiger partial charge in [-0.05, 0) is 125 Å². The van der Waals surface area contributed by atoms with Gasteiger partial charge in [0.1, 0.15) is 34.5 Å². The normalized spacial score (nSPS) is 15.9. The third kappa shape index (κ3) is 14.4. The zero-order valence-electron chi connectivity index (χ0n) is 47.0. The summed E-state index contributed by atoms with van der Waals surface area (Å²) in [6, 6.07) is 21.1. The maximum absolute atomic E-state index is 17.2. The van der Waals surface area contributed by atoms with E-state index in [0.29, 0.717) is 95.2 Å². The molecule has 22 heteroatoms. The van der Waals surface area contributed by atoms with Gasteiger partial charge < -0.3 is 54.7 Å². The predicted molar refractivity (Wildman–Crippen MR) is 312 cm³/mol. The predicted octanol–water partition coefficient (Wildman–Crippen LogP) is 10.6. The van der Waals surface area contributed by atoms with Crippen molar-refractivity contribution >= 4 is 92.2 Å². The number of anilines is 3. The SMILES string of the molecule is CC(C)(C)OC(=O)N1CCN(c2nc(NCCOC(C)(C)CCOC(C)(C)CCOc3cc(Cl)cc(NC(=O)NCc4ccc5c(c4)CN(C4CCC(=O)NC4=O)C5=O)c3)nc3c(F)c(-c4cc(O)cc5ccccc45)c(Cl)cc23)CC1. The van der Waals surface area contributed by atoms with Crippen molar-refractivity contribution in [3.05, 3.63) is 111 Å². The highest BCUT2D eigenvalue weighted by Crippen LogP contribution is 2.43. The molecule has 82 heavy (non-hydrogen) atoms. The van der Waals surface area contributed by atoms with Gasteiger partial charge in [0.05, 0.1) is 36.0 Å². The lowest BCUT2D eigenvalue weighted by molar-refractivity contribution is -0.136. The van der Waals surface area contributed by atoms with Gasteiger partial charge in [-0.1, -0.05) is 59.6 Å². The lowest BCUT2D eigenvalue weighted by Gasteiger charge is -2.36. The van der Waals surface area contributed by atoms with E-state index in [1.54, 1.807) is 47.4 Å². The maximum Gasteiger partial charge on any atom is 0.410 e. The van der Waals surface area contributed by atoms with Gasteiger partial charge >= 0.3 is 12.1 Å². The van der Waals surface area contributed by atoms with Crippen LogP contribution in [0.1, 0.15) is 95.6 Å². The zero-order valence-corrected chi connectivity index (χ0v) is 48.5. The molecule has 1 aromatic heterocycles. The van der Waals surface area contributed by atoms with Crippen molar-refractivity contribution in [2.45, 2.75) is 110 Å². The molecule has 1 atom stereocenters. The first-order valence-electron chi connectivity index (χ1n) is 27.3. The fourth-order valence-corrected chi connectivity index (χ4v) is 10.6. The lowest BCUT2D eigenvalue weighted by atomic mass is 9.96. The van der Waals surface area contributed by atoms with E-state index in [1.807, 2.05) is 83.7 Å². The Bertz CT molecular complexity index is 3440. The number of fused-ring (bicyclic) bond motifs is 3. The van der Waals surface area contributed by atoms with E-state index in [2.05, 4.69) is 21.3 Å². The molecule has 3 aliphatic rings. The number of rotatable bonds is 19. The minimum absolute atomic E-state index is 0.0326. The third-order valence-corrected chi connectivity index (χ3v) is 14.9. The molecule has 1 unspecified atom stereocenters. The molecule has 6 aromatic rings. The number of aromatic hydroxyl groups is 1. The number of halogens is 3. The second kappa shape index (κ2) is 24.5. The average Bonchev–Trinajstić information content (AvgIpc) is 3.47. The summed E-state index contributed by atoms with van der Waals surface area (Å²) in [5, 5.41) is 24.2. The fourth-order valence-electron chi connectivity index (χ4n) is 10.1. The van der Waals surface area contributed by atoms with Crippen LogP contribution in [-0.2, 0) is 36.9 Å². The van der Waals surface area contributed by atoms with E-state index in [-0.39, 0.29) is 85.3 Å². The summed E-state index contributed by atoms with van der Waals surface area (Å²) in [6.07, 6.45) is 1.11. The molecule has 434 valence electrons. The minimum Gasteiger partial charge on any atom is -0.508 e. The van der Waals surface area contributed by atoms with Gasteiger partial charge in [-0.25, -0.2) is 19.0 Å². The number of hydrogen-bond donors (Lipinski definition) is 5. The van der Waals surface area contributed by atoms with Crippen LogP contribution in [0, 0.1) is 5.82 Å². The molecule has 5 N–H and O–H groups in total. The molecular formula is C60H68Cl2FN9O10. The van der Waals surface area contributed by atoms with Gasteiger partial charge in [-0.15, -0.1) is 0 Å². The van der Waals surface area contributed by atoms with Gasteiger partial charge in [-0.3, -0.25) is 19.7 Å². The highest BCUT2D eigenvalue weighted by atomic mass is 35.5. The Morgan fingerprint density at radius 3 is 2.30 bits per heavy atom. The summed E-state index contributed by atoms with van der Waals surface area (Å²) in [5.41, 5.74) is 1.11. The number of hydrogen-bond acceptors (Lipinski definition) is 14. The molecule has 0 spiro atoms. The monoisotopic (exact) mass is 1160 g/mol. The Morgan fingerprint density at radius 2 is 1.56 bits per heavy atom. The van der Waals surface area contributed by atoms with Gasteiger partial charge in [0.25, 0.3) is 5.91 Å². The van der Waals surface area contributed by atoms with E-state index in [1.165, 1.54) is 11.0 Å². The number of urea groups is 1. The highest BCUT2D eigenvalue weighted by Gasteiger charge is 2.39. The van der Waals surface area contributed by atoms with Crippen LogP contribution in [0.25, 0.3) is 32.8 Å². The number of ether oxygens (including phenoxy) is 4.